The molecule has 21 heavy (non-hydrogen) atoms. The molecule has 0 radical (unpaired) electrons. The van der Waals surface area contributed by atoms with Crippen LogP contribution in [0.25, 0.3) is 0 Å². The highest BCUT2D eigenvalue weighted by Gasteiger charge is 2.20. The summed E-state index contributed by atoms with van der Waals surface area (Å²) in [6.07, 6.45) is 27.0. The van der Waals surface area contributed by atoms with Crippen molar-refractivity contribution in [2.24, 2.45) is 17.8 Å². The molecule has 0 heteroatoms. The Morgan fingerprint density at radius 2 is 1.24 bits per heavy atom. The predicted molar refractivity (Wildman–Crippen MR) is 94.5 cm³/mol. The van der Waals surface area contributed by atoms with Gasteiger partial charge in [-0.3, -0.25) is 0 Å². The highest BCUT2D eigenvalue weighted by atomic mass is 14.3. The quantitative estimate of drug-likeness (QED) is 0.309. The van der Waals surface area contributed by atoms with Gasteiger partial charge in [0.05, 0.1) is 0 Å². The van der Waals surface area contributed by atoms with Gasteiger partial charge in [-0.1, -0.05) is 96.1 Å². The molecule has 0 aromatic rings. The first-order chi connectivity index (χ1) is 10.4. The van der Waals surface area contributed by atoms with Crippen molar-refractivity contribution in [1.29, 1.82) is 0 Å². The van der Waals surface area contributed by atoms with Crippen molar-refractivity contribution in [2.75, 3.05) is 0 Å². The van der Waals surface area contributed by atoms with Gasteiger partial charge in [0, 0.05) is 0 Å². The van der Waals surface area contributed by atoms with Crippen LogP contribution in [0.15, 0.2) is 12.2 Å². The van der Waals surface area contributed by atoms with E-state index in [0.29, 0.717) is 0 Å². The second kappa shape index (κ2) is 10.5. The van der Waals surface area contributed by atoms with E-state index in [0.717, 1.165) is 17.8 Å². The molecule has 1 fully saturated rings. The molecule has 2 rings (SSSR count). The Morgan fingerprint density at radius 3 is 1.76 bits per heavy atom. The fourth-order valence-corrected chi connectivity index (χ4v) is 4.48. The predicted octanol–water partition coefficient (Wildman–Crippen LogP) is 7.29. The number of hydrogen-bond acceptors (Lipinski definition) is 0. The molecule has 0 amide bonds. The third kappa shape index (κ3) is 7.02. The minimum absolute atomic E-state index is 1.02. The lowest BCUT2D eigenvalue weighted by atomic mass is 9.77. The van der Waals surface area contributed by atoms with Crippen LogP contribution in [0.3, 0.4) is 0 Å². The topological polar surface area (TPSA) is 0 Å². The van der Waals surface area contributed by atoms with Crippen LogP contribution in [-0.4, -0.2) is 0 Å². The van der Waals surface area contributed by atoms with Gasteiger partial charge in [0.15, 0.2) is 0 Å². The van der Waals surface area contributed by atoms with Gasteiger partial charge < -0.3 is 0 Å². The number of unbranched alkanes of at least 4 members (excludes halogenated alkanes) is 3. The van der Waals surface area contributed by atoms with Gasteiger partial charge >= 0.3 is 0 Å². The van der Waals surface area contributed by atoms with Gasteiger partial charge in [0.1, 0.15) is 0 Å². The molecular formula is C21H38. The summed E-state index contributed by atoms with van der Waals surface area (Å²) in [7, 11) is 0. The molecule has 1 saturated carbocycles. The molecule has 2 aliphatic carbocycles. The summed E-state index contributed by atoms with van der Waals surface area (Å²) in [6, 6.07) is 0. The van der Waals surface area contributed by atoms with Crippen LogP contribution in [0.2, 0.25) is 0 Å². The average molecular weight is 291 g/mol. The minimum Gasteiger partial charge on any atom is -0.0885 e. The first-order valence-electron chi connectivity index (χ1n) is 10.0. The van der Waals surface area contributed by atoms with Gasteiger partial charge in [0.2, 0.25) is 0 Å². The van der Waals surface area contributed by atoms with E-state index in [2.05, 4.69) is 19.1 Å². The zero-order valence-corrected chi connectivity index (χ0v) is 14.5. The van der Waals surface area contributed by atoms with Crippen LogP contribution in [0.4, 0.5) is 0 Å². The summed E-state index contributed by atoms with van der Waals surface area (Å²) in [6.45, 7) is 2.32. The Labute approximate surface area is 133 Å². The molecule has 0 bridgehead atoms. The largest absolute Gasteiger partial charge is 0.0885 e. The summed E-state index contributed by atoms with van der Waals surface area (Å²) in [5, 5.41) is 0. The molecule has 0 saturated heterocycles. The third-order valence-electron chi connectivity index (χ3n) is 6.03. The van der Waals surface area contributed by atoms with Crippen molar-refractivity contribution in [3.8, 4) is 0 Å². The number of hydrogen-bond donors (Lipinski definition) is 0. The van der Waals surface area contributed by atoms with Crippen molar-refractivity contribution < 1.29 is 0 Å². The van der Waals surface area contributed by atoms with Crippen LogP contribution in [-0.2, 0) is 0 Å². The lowest BCUT2D eigenvalue weighted by Gasteiger charge is -2.28. The van der Waals surface area contributed by atoms with Crippen LogP contribution in [0, 0.1) is 17.8 Å². The Morgan fingerprint density at radius 1 is 0.667 bits per heavy atom. The van der Waals surface area contributed by atoms with Crippen molar-refractivity contribution in [3.63, 3.8) is 0 Å². The van der Waals surface area contributed by atoms with Crippen molar-refractivity contribution >= 4 is 0 Å². The van der Waals surface area contributed by atoms with Crippen molar-refractivity contribution in [2.45, 2.75) is 103 Å². The van der Waals surface area contributed by atoms with Crippen LogP contribution in [0.1, 0.15) is 103 Å². The van der Waals surface area contributed by atoms with Crippen LogP contribution < -0.4 is 0 Å². The van der Waals surface area contributed by atoms with Gasteiger partial charge in [-0.2, -0.15) is 0 Å². The molecular weight excluding hydrogens is 252 g/mol. The maximum Gasteiger partial charge on any atom is -0.0322 e. The molecule has 0 spiro atoms. The Balaban J connectivity index is 1.46. The van der Waals surface area contributed by atoms with Gasteiger partial charge in [0.25, 0.3) is 0 Å². The van der Waals surface area contributed by atoms with Crippen molar-refractivity contribution in [3.05, 3.63) is 12.2 Å². The lowest BCUT2D eigenvalue weighted by molar-refractivity contribution is 0.243. The summed E-state index contributed by atoms with van der Waals surface area (Å²) in [5.74, 6) is 3.19. The molecule has 0 aliphatic heterocycles. The highest BCUT2D eigenvalue weighted by Crippen LogP contribution is 2.35. The van der Waals surface area contributed by atoms with E-state index in [-0.39, 0.29) is 0 Å². The first-order valence-corrected chi connectivity index (χ1v) is 10.0. The van der Waals surface area contributed by atoms with Gasteiger partial charge in [-0.15, -0.1) is 0 Å². The summed E-state index contributed by atoms with van der Waals surface area (Å²) in [5.41, 5.74) is 0. The van der Waals surface area contributed by atoms with E-state index in [4.69, 9.17) is 0 Å². The highest BCUT2D eigenvalue weighted by molar-refractivity contribution is 4.89. The smallest absolute Gasteiger partial charge is 0.0322 e. The number of rotatable bonds is 9. The van der Waals surface area contributed by atoms with E-state index in [1.165, 1.54) is 70.6 Å². The second-order valence-electron chi connectivity index (χ2n) is 7.82. The lowest BCUT2D eigenvalue weighted by Crippen LogP contribution is -2.14. The normalized spacial score (nSPS) is 29.7. The third-order valence-corrected chi connectivity index (χ3v) is 6.03. The average Bonchev–Trinajstić information content (AvgIpc) is 2.54. The molecule has 0 aromatic heterocycles. The Hall–Kier alpha value is -0.260. The second-order valence-corrected chi connectivity index (χ2v) is 7.82. The van der Waals surface area contributed by atoms with Crippen LogP contribution >= 0.6 is 0 Å². The fraction of sp³-hybridized carbons (Fsp3) is 0.905. The Bertz CT molecular complexity index is 270. The molecule has 0 nitrogen and oxygen atoms in total. The summed E-state index contributed by atoms with van der Waals surface area (Å²) < 4.78 is 0. The molecule has 0 heterocycles. The van der Waals surface area contributed by atoms with E-state index >= 15 is 0 Å². The minimum atomic E-state index is 1.02. The van der Waals surface area contributed by atoms with E-state index in [9.17, 15) is 0 Å². The zero-order valence-electron chi connectivity index (χ0n) is 14.5. The van der Waals surface area contributed by atoms with Gasteiger partial charge in [-0.25, -0.2) is 0 Å². The maximum atomic E-state index is 2.41. The van der Waals surface area contributed by atoms with Gasteiger partial charge in [-0.05, 0) is 37.0 Å². The number of allylic oxidation sites excluding steroid dienone is 2. The summed E-state index contributed by atoms with van der Waals surface area (Å²) in [4.78, 5) is 0. The zero-order chi connectivity index (χ0) is 14.8. The van der Waals surface area contributed by atoms with Crippen LogP contribution in [0.5, 0.6) is 0 Å². The first kappa shape index (κ1) is 17.1. The summed E-state index contributed by atoms with van der Waals surface area (Å²) >= 11 is 0. The molecule has 122 valence electrons. The molecule has 1 unspecified atom stereocenters. The molecule has 0 N–H and O–H groups in total. The SMILES string of the molecule is CCCCCC1CCC(CCCCC2CC=CCC2)CC1. The van der Waals surface area contributed by atoms with Crippen molar-refractivity contribution in [1.82, 2.24) is 0 Å². The molecule has 1 atom stereocenters. The van der Waals surface area contributed by atoms with E-state index in [1.807, 2.05) is 0 Å². The monoisotopic (exact) mass is 290 g/mol. The molecule has 0 aromatic carbocycles. The maximum absolute atomic E-state index is 2.41. The Kier molecular flexibility index (Phi) is 8.52. The fourth-order valence-electron chi connectivity index (χ4n) is 4.48. The standard InChI is InChI=1S/C21H38/c1-2-3-5-10-20-15-17-21(18-16-20)14-9-8-13-19-11-6-4-7-12-19/h4,6,19-21H,2-3,5,7-18H2,1H3. The van der Waals surface area contributed by atoms with E-state index < -0.39 is 0 Å². The molecule has 2 aliphatic rings. The van der Waals surface area contributed by atoms with E-state index in [1.54, 1.807) is 25.7 Å².